The van der Waals surface area contributed by atoms with Gasteiger partial charge < -0.3 is 5.11 Å². The summed E-state index contributed by atoms with van der Waals surface area (Å²) in [6.45, 7) is 0. The SMILES string of the molecule is O=C1NC(=O)[C@@H]2C[C@H](O)C=C[C@H]12. The summed E-state index contributed by atoms with van der Waals surface area (Å²) < 4.78 is 0. The van der Waals surface area contributed by atoms with Crippen molar-refractivity contribution >= 4 is 11.8 Å². The number of aliphatic hydroxyl groups is 1. The topological polar surface area (TPSA) is 66.4 Å². The number of fused-ring (bicyclic) bond motifs is 1. The summed E-state index contributed by atoms with van der Waals surface area (Å²) in [5, 5.41) is 11.4. The van der Waals surface area contributed by atoms with Crippen molar-refractivity contribution in [1.29, 1.82) is 0 Å². The van der Waals surface area contributed by atoms with E-state index < -0.39 is 6.10 Å². The van der Waals surface area contributed by atoms with Gasteiger partial charge in [-0.1, -0.05) is 12.2 Å². The predicted molar refractivity (Wildman–Crippen MR) is 39.9 cm³/mol. The third kappa shape index (κ3) is 0.956. The molecule has 2 aliphatic rings. The molecule has 0 radical (unpaired) electrons. The standard InChI is InChI=1S/C8H9NO3/c10-4-1-2-5-6(3-4)8(12)9-7(5)11/h1-2,4-6,10H,3H2,(H,9,11,12)/t4-,5+,6-/m1/s1. The number of nitrogens with one attached hydrogen (secondary N) is 1. The summed E-state index contributed by atoms with van der Waals surface area (Å²) in [6.07, 6.45) is 2.96. The van der Waals surface area contributed by atoms with Gasteiger partial charge in [-0.05, 0) is 6.42 Å². The molecule has 1 aliphatic carbocycles. The Morgan fingerprint density at radius 1 is 1.33 bits per heavy atom. The normalized spacial score (nSPS) is 39.6. The molecule has 0 saturated carbocycles. The van der Waals surface area contributed by atoms with Crippen LogP contribution in [-0.2, 0) is 9.59 Å². The minimum atomic E-state index is -0.581. The van der Waals surface area contributed by atoms with E-state index in [9.17, 15) is 14.7 Å². The van der Waals surface area contributed by atoms with E-state index in [0.717, 1.165) is 0 Å². The van der Waals surface area contributed by atoms with Crippen molar-refractivity contribution in [3.63, 3.8) is 0 Å². The van der Waals surface area contributed by atoms with Gasteiger partial charge in [-0.2, -0.15) is 0 Å². The second kappa shape index (κ2) is 2.42. The molecule has 0 spiro atoms. The third-order valence-corrected chi connectivity index (χ3v) is 2.36. The summed E-state index contributed by atoms with van der Waals surface area (Å²) in [6, 6.07) is 0. The average molecular weight is 167 g/mol. The van der Waals surface area contributed by atoms with Crippen LogP contribution < -0.4 is 5.32 Å². The lowest BCUT2D eigenvalue weighted by Gasteiger charge is -2.19. The molecule has 0 aromatic carbocycles. The maximum Gasteiger partial charge on any atom is 0.234 e. The number of imide groups is 1. The van der Waals surface area contributed by atoms with Crippen molar-refractivity contribution in [1.82, 2.24) is 5.32 Å². The maximum absolute atomic E-state index is 11.1. The number of aliphatic hydroxyl groups excluding tert-OH is 1. The van der Waals surface area contributed by atoms with Crippen molar-refractivity contribution in [2.75, 3.05) is 0 Å². The fourth-order valence-corrected chi connectivity index (χ4v) is 1.71. The van der Waals surface area contributed by atoms with E-state index in [0.29, 0.717) is 6.42 Å². The van der Waals surface area contributed by atoms with Gasteiger partial charge in [0.25, 0.3) is 0 Å². The van der Waals surface area contributed by atoms with Crippen molar-refractivity contribution in [2.45, 2.75) is 12.5 Å². The molecule has 2 N–H and O–H groups in total. The molecule has 1 saturated heterocycles. The van der Waals surface area contributed by atoms with Crippen LogP contribution in [0.5, 0.6) is 0 Å². The van der Waals surface area contributed by atoms with Crippen LogP contribution in [0.2, 0.25) is 0 Å². The molecule has 2 rings (SSSR count). The van der Waals surface area contributed by atoms with Crippen LogP contribution >= 0.6 is 0 Å². The summed E-state index contributed by atoms with van der Waals surface area (Å²) in [5.41, 5.74) is 0. The van der Waals surface area contributed by atoms with Gasteiger partial charge in [0.05, 0.1) is 17.9 Å². The Hall–Kier alpha value is -1.16. The molecule has 0 unspecified atom stereocenters. The van der Waals surface area contributed by atoms with Gasteiger partial charge in [0.2, 0.25) is 11.8 Å². The first-order valence-electron chi connectivity index (χ1n) is 3.89. The van der Waals surface area contributed by atoms with Gasteiger partial charge >= 0.3 is 0 Å². The minimum Gasteiger partial charge on any atom is -0.389 e. The molecular formula is C8H9NO3. The molecule has 4 heteroatoms. The molecule has 0 aromatic heterocycles. The van der Waals surface area contributed by atoms with Crippen molar-refractivity contribution in [3.05, 3.63) is 12.2 Å². The summed E-state index contributed by atoms with van der Waals surface area (Å²) in [4.78, 5) is 22.1. The fraction of sp³-hybridized carbons (Fsp3) is 0.500. The quantitative estimate of drug-likeness (QED) is 0.366. The van der Waals surface area contributed by atoms with Crippen molar-refractivity contribution < 1.29 is 14.7 Å². The van der Waals surface area contributed by atoms with E-state index >= 15 is 0 Å². The van der Waals surface area contributed by atoms with Crippen LogP contribution in [0.25, 0.3) is 0 Å². The number of hydrogen-bond donors (Lipinski definition) is 2. The zero-order valence-corrected chi connectivity index (χ0v) is 6.36. The average Bonchev–Trinajstić information content (AvgIpc) is 2.28. The molecule has 64 valence electrons. The molecule has 4 nitrogen and oxygen atoms in total. The predicted octanol–water partition coefficient (Wildman–Crippen LogP) is -0.804. The van der Waals surface area contributed by atoms with E-state index in [1.807, 2.05) is 0 Å². The van der Waals surface area contributed by atoms with Gasteiger partial charge in [-0.25, -0.2) is 0 Å². The van der Waals surface area contributed by atoms with E-state index in [4.69, 9.17) is 0 Å². The highest BCUT2D eigenvalue weighted by molar-refractivity contribution is 6.06. The highest BCUT2D eigenvalue weighted by atomic mass is 16.3. The highest BCUT2D eigenvalue weighted by Gasteiger charge is 2.42. The highest BCUT2D eigenvalue weighted by Crippen LogP contribution is 2.29. The maximum atomic E-state index is 11.1. The molecule has 3 atom stereocenters. The zero-order chi connectivity index (χ0) is 8.72. The van der Waals surface area contributed by atoms with Crippen molar-refractivity contribution in [2.24, 2.45) is 11.8 Å². The van der Waals surface area contributed by atoms with E-state index in [1.165, 1.54) is 0 Å². The molecule has 1 heterocycles. The first-order valence-corrected chi connectivity index (χ1v) is 3.89. The number of hydrogen-bond acceptors (Lipinski definition) is 3. The van der Waals surface area contributed by atoms with Crippen molar-refractivity contribution in [3.8, 4) is 0 Å². The second-order valence-electron chi connectivity index (χ2n) is 3.17. The molecule has 1 aliphatic heterocycles. The Kier molecular flexibility index (Phi) is 1.51. The molecule has 1 fully saturated rings. The lowest BCUT2D eigenvalue weighted by atomic mass is 9.85. The third-order valence-electron chi connectivity index (χ3n) is 2.36. The second-order valence-corrected chi connectivity index (χ2v) is 3.17. The van der Waals surface area contributed by atoms with Gasteiger partial charge in [0.1, 0.15) is 0 Å². The van der Waals surface area contributed by atoms with Crippen LogP contribution in [0.1, 0.15) is 6.42 Å². The monoisotopic (exact) mass is 167 g/mol. The van der Waals surface area contributed by atoms with E-state index in [2.05, 4.69) is 5.32 Å². The summed E-state index contributed by atoms with van der Waals surface area (Å²) in [7, 11) is 0. The summed E-state index contributed by atoms with van der Waals surface area (Å²) >= 11 is 0. The first kappa shape index (κ1) is 7.49. The van der Waals surface area contributed by atoms with Crippen LogP contribution in [0.3, 0.4) is 0 Å². The Balaban J connectivity index is 2.29. The fourth-order valence-electron chi connectivity index (χ4n) is 1.71. The Labute approximate surface area is 69.3 Å². The molecule has 2 amide bonds. The Morgan fingerprint density at radius 2 is 2.08 bits per heavy atom. The lowest BCUT2D eigenvalue weighted by molar-refractivity contribution is -0.126. The number of carbonyl (C=O) groups excluding carboxylic acids is 2. The minimum absolute atomic E-state index is 0.242. The van der Waals surface area contributed by atoms with Crippen LogP contribution in [0.15, 0.2) is 12.2 Å². The molecule has 0 bridgehead atoms. The molecule has 12 heavy (non-hydrogen) atoms. The van der Waals surface area contributed by atoms with Crippen LogP contribution in [0.4, 0.5) is 0 Å². The Bertz CT molecular complexity index is 271. The number of amides is 2. The van der Waals surface area contributed by atoms with Gasteiger partial charge in [0, 0.05) is 0 Å². The number of carbonyl (C=O) groups is 2. The largest absolute Gasteiger partial charge is 0.389 e. The zero-order valence-electron chi connectivity index (χ0n) is 6.36. The lowest BCUT2D eigenvalue weighted by Crippen LogP contribution is -2.25. The smallest absolute Gasteiger partial charge is 0.234 e. The number of rotatable bonds is 0. The van der Waals surface area contributed by atoms with Gasteiger partial charge in [-0.3, -0.25) is 14.9 Å². The van der Waals surface area contributed by atoms with Crippen LogP contribution in [-0.4, -0.2) is 23.0 Å². The van der Waals surface area contributed by atoms with E-state index in [1.54, 1.807) is 12.2 Å². The van der Waals surface area contributed by atoms with Crippen LogP contribution in [0, 0.1) is 11.8 Å². The Morgan fingerprint density at radius 3 is 2.83 bits per heavy atom. The molecule has 0 aromatic rings. The first-order chi connectivity index (χ1) is 5.68. The molecular weight excluding hydrogens is 158 g/mol. The van der Waals surface area contributed by atoms with Gasteiger partial charge in [-0.15, -0.1) is 0 Å². The van der Waals surface area contributed by atoms with Gasteiger partial charge in [0.15, 0.2) is 0 Å². The van der Waals surface area contributed by atoms with E-state index in [-0.39, 0.29) is 23.7 Å². The summed E-state index contributed by atoms with van der Waals surface area (Å²) in [5.74, 6) is -1.19.